The van der Waals surface area contributed by atoms with Gasteiger partial charge in [-0.2, -0.15) is 0 Å². The normalized spacial score (nSPS) is 20.5. The molecule has 48 heteroatoms. The number of benzene rings is 3. The van der Waals surface area contributed by atoms with Gasteiger partial charge in [0.05, 0.1) is 35.3 Å². The van der Waals surface area contributed by atoms with Crippen LogP contribution in [0.15, 0.2) is 72.8 Å². The molecule has 6 aliphatic heterocycles. The first kappa shape index (κ1) is 146. The molecule has 11 N–H and O–H groups in total. The molecule has 6 aliphatic rings. The number of likely N-dealkylation sites (tertiary alicyclic amines) is 3. The van der Waals surface area contributed by atoms with Gasteiger partial charge in [-0.05, 0) is 132 Å². The SMILES string of the molecule is C.CB(O)N[C@H]1C(=O)N(C(=O)[C@H](C[B]OC=N)C(C)(C)CC(=O)c2ccc(C)cc2)C1(C)C.CB(O)N[C@H]1C(=O)N(C(=O)[C@H](C[B]OC=N)[C@@H](C)CC(=O)c2ccc(C)cc2)[C@@H]1C.CC1(C)NC(=O)[C@@H]1C[B]OC=N.C[C@@H]1NC(=O)[C@@H]1C.C[C@@H]1NC(=O)[C@@H]1C[B]OC=N.C[Si](C)(C)[N-][Si](C)(C)C.C[Si](C)(C)[N-][Si](C)(C)C.C[Si](C)(C)[N-][Si](C)(C)C.Cc1ccc(C(=O)C[C@H](C)[C@H](C)C(=O)N2C(=O)[C@@H](C)[C@H]2C)cc1.[Li+].[Li+].[Li+]. The summed E-state index contributed by atoms with van der Waals surface area (Å²) in [5.41, 5.74) is 3.26. The van der Waals surface area contributed by atoms with Crippen LogP contribution in [0.25, 0.3) is 13.9 Å². The number of amides is 9. The Morgan fingerprint density at radius 3 is 1.14 bits per heavy atom. The summed E-state index contributed by atoms with van der Waals surface area (Å²) in [5, 5.41) is 60.0. The number of hydrogen-bond acceptors (Lipinski definition) is 24. The van der Waals surface area contributed by atoms with E-state index in [0.29, 0.717) is 41.8 Å². The fourth-order valence-corrected chi connectivity index (χ4v) is 40.9. The van der Waals surface area contributed by atoms with Gasteiger partial charge >= 0.3 is 101 Å². The van der Waals surface area contributed by atoms with Crippen LogP contribution in [0.3, 0.4) is 0 Å². The zero-order valence-electron chi connectivity index (χ0n) is 95.4. The Hall–Kier alpha value is -6.42. The van der Waals surface area contributed by atoms with Crippen LogP contribution in [-0.2, 0) is 61.8 Å². The van der Waals surface area contributed by atoms with E-state index in [0.717, 1.165) is 42.3 Å². The molecule has 3 aromatic rings. The predicted octanol–water partition coefficient (Wildman–Crippen LogP) is 7.46. The molecule has 9 amide bonds. The average Bonchev–Trinajstić information content (AvgIpc) is 0.720. The van der Waals surface area contributed by atoms with Crippen LogP contribution in [0.5, 0.6) is 0 Å². The van der Waals surface area contributed by atoms with Gasteiger partial charge in [-0.1, -0.05) is 313 Å². The second-order valence-corrected chi connectivity index (χ2v) is 74.4. The van der Waals surface area contributed by atoms with Crippen LogP contribution >= 0.6 is 0 Å². The molecule has 6 heterocycles. The first-order valence-electron chi connectivity index (χ1n) is 49.2. The molecule has 9 rings (SSSR count). The summed E-state index contributed by atoms with van der Waals surface area (Å²) >= 11 is 0. The van der Waals surface area contributed by atoms with E-state index < -0.39 is 122 Å². The minimum atomic E-state index is -1.11. The Balaban J connectivity index is -0.000000815. The molecule has 146 heavy (non-hydrogen) atoms. The van der Waals surface area contributed by atoms with Crippen molar-refractivity contribution < 1.29 is 143 Å². The van der Waals surface area contributed by atoms with E-state index in [1.54, 1.807) is 58.9 Å². The summed E-state index contributed by atoms with van der Waals surface area (Å²) in [6, 6.07) is 20.9. The Kier molecular flexibility index (Phi) is 65.1. The third-order valence-corrected chi connectivity index (χ3v) is 40.3. The number of aryl methyl sites for hydroxylation is 3. The molecular weight excluding hydrogens is 1930 g/mol. The molecule has 0 saturated carbocycles. The molecule has 4 radical (unpaired) electrons. The Morgan fingerprint density at radius 1 is 0.479 bits per heavy atom. The van der Waals surface area contributed by atoms with Crippen LogP contribution in [0, 0.1) is 101 Å². The number of nitrogens with zero attached hydrogens (tertiary/aromatic N) is 6. The van der Waals surface area contributed by atoms with E-state index in [9.17, 15) is 67.6 Å². The van der Waals surface area contributed by atoms with Gasteiger partial charge in [0.2, 0.25) is 53.2 Å². The molecule has 0 unspecified atom stereocenters. The largest absolute Gasteiger partial charge is 1.00 e. The van der Waals surface area contributed by atoms with E-state index in [4.69, 9.17) is 44.9 Å². The Morgan fingerprint density at radius 2 is 0.836 bits per heavy atom. The summed E-state index contributed by atoms with van der Waals surface area (Å²) in [4.78, 5) is 150. The van der Waals surface area contributed by atoms with E-state index in [2.05, 4.69) is 154 Å². The van der Waals surface area contributed by atoms with Gasteiger partial charge in [-0.25, -0.2) is 0 Å². The first-order valence-corrected chi connectivity index (χ1v) is 69.9. The fraction of sp³-hybridized carbons (Fsp3) is 0.653. The first-order chi connectivity index (χ1) is 64.9. The summed E-state index contributed by atoms with van der Waals surface area (Å²) < 4.78 is 33.4. The third kappa shape index (κ3) is 51.3. The molecule has 0 spiro atoms. The molecule has 15 atom stereocenters. The van der Waals surface area contributed by atoms with Crippen LogP contribution < -0.4 is 83.0 Å². The van der Waals surface area contributed by atoms with Crippen molar-refractivity contribution in [2.45, 2.75) is 355 Å². The number of carbonyl (C=O) groups is 12. The topological polar surface area (TPSA) is 490 Å². The van der Waals surface area contributed by atoms with Crippen molar-refractivity contribution >= 4 is 190 Å². The van der Waals surface area contributed by atoms with Gasteiger partial charge < -0.3 is 69.0 Å². The van der Waals surface area contributed by atoms with E-state index >= 15 is 0 Å². The van der Waals surface area contributed by atoms with Crippen LogP contribution in [0.1, 0.15) is 178 Å². The van der Waals surface area contributed by atoms with Crippen molar-refractivity contribution in [1.29, 1.82) is 21.6 Å². The number of ketones is 3. The minimum absolute atomic E-state index is 0. The van der Waals surface area contributed by atoms with Gasteiger partial charge in [0.15, 0.2) is 17.3 Å². The number of hydrogen-bond donors (Lipinski definition) is 11. The number of rotatable bonds is 41. The van der Waals surface area contributed by atoms with Crippen molar-refractivity contribution in [3.05, 3.63) is 120 Å². The monoisotopic (exact) mass is 2100 g/mol. The van der Waals surface area contributed by atoms with E-state index in [1.807, 2.05) is 139 Å². The molecule has 33 nitrogen and oxygen atoms in total. The molecular formula is C98H174B6Li3N15O18Si6. The van der Waals surface area contributed by atoms with Gasteiger partial charge in [0, 0.05) is 77.4 Å². The number of nitrogens with one attached hydrogen (secondary N) is 9. The minimum Gasteiger partial charge on any atom is -0.668 e. The summed E-state index contributed by atoms with van der Waals surface area (Å²) in [6.45, 7) is 78.2. The van der Waals surface area contributed by atoms with Gasteiger partial charge in [-0.15, -0.1) is 0 Å². The number of β-lactam (4-membered cyclic amide) rings is 6. The second kappa shape index (κ2) is 65.2. The van der Waals surface area contributed by atoms with Crippen molar-refractivity contribution in [2.24, 2.45) is 58.7 Å². The number of carbonyl (C=O) groups excluding carboxylic acids is 12. The molecule has 6 saturated heterocycles. The predicted molar refractivity (Wildman–Crippen MR) is 600 cm³/mol. The average molecular weight is 2100 g/mol. The smallest absolute Gasteiger partial charge is 0.668 e. The molecule has 0 aromatic heterocycles. The molecule has 0 aliphatic carbocycles. The molecule has 3 aromatic carbocycles. The van der Waals surface area contributed by atoms with Gasteiger partial charge in [-0.3, -0.25) is 93.9 Å². The number of Topliss-reactive ketones (excluding diaryl/α,β-unsaturated/α-hetero) is 3. The summed E-state index contributed by atoms with van der Waals surface area (Å²) in [7, 11) is -2.75. The maximum Gasteiger partial charge on any atom is 1.00 e. The third-order valence-electron chi connectivity index (χ3n) is 24.2. The molecule has 6 fully saturated rings. The zero-order chi connectivity index (χ0) is 110. The maximum absolute atomic E-state index is 13.6. The van der Waals surface area contributed by atoms with E-state index in [1.165, 1.54) is 58.3 Å². The van der Waals surface area contributed by atoms with Crippen LogP contribution in [0.2, 0.25) is 157 Å². The molecule has 794 valence electrons. The van der Waals surface area contributed by atoms with Crippen molar-refractivity contribution in [1.82, 2.24) is 41.1 Å². The number of imide groups is 3. The van der Waals surface area contributed by atoms with Crippen molar-refractivity contribution in [3.8, 4) is 0 Å². The fourth-order valence-electron chi connectivity index (χ4n) is 16.8. The van der Waals surface area contributed by atoms with Crippen LogP contribution in [0.4, 0.5) is 0 Å². The zero-order valence-corrected chi connectivity index (χ0v) is 101. The summed E-state index contributed by atoms with van der Waals surface area (Å²) in [6.07, 6.45) is 5.21. The second-order valence-electron chi connectivity index (χ2n) is 45.7. The van der Waals surface area contributed by atoms with Crippen molar-refractivity contribution in [2.75, 3.05) is 0 Å². The van der Waals surface area contributed by atoms with Gasteiger partial charge in [0.1, 0.15) is 37.7 Å². The Labute approximate surface area is 922 Å². The maximum atomic E-state index is 13.6. The quantitative estimate of drug-likeness (QED) is 0.00655. The van der Waals surface area contributed by atoms with Crippen LogP contribution in [-0.4, -0.2) is 262 Å². The molecule has 0 bridgehead atoms. The van der Waals surface area contributed by atoms with E-state index in [-0.39, 0.29) is 201 Å². The Bertz CT molecular complexity index is 4580. The standard InChI is InChI=1S/C22H32B2N3O5.C20H28B2N3O5.C19H25NO3.C7H12BN2O2.C6H10BN2O2.3C6H18NSi2.C5H9NO.CH4.3Li/c1-14-7-9-15(10-8-14)17(28)11-21(2,3)16(12-23-32-13-25)19(29)27-20(30)18(22(27,4)5)26-24(6)31;1-12-5-7-15(8-6-12)17(26)9-13(2)16(10-21-30-11-23)19(27)25-14(3)18(20(25)28)24-22(4)29;1-11-6-8-16(9-7-11)17(21)10-12(2)13(3)18(22)20-15(5)14(4)19(20)23;1-7(2)5(6(11)10-7)3-8-12-4-9;1-4-5(6(10)9-4)2-7-11-3-8;3*1-8(2,3)7-9(4,5)6;1-3-4(2)6-5(3)7;;;;/h7-10,13,16,18,25-26,31H,11-12H2,1-6H3;5-8,11,13-14,16,18,23-24,29H,9-10H2,1-4H3;6-9,12-15H,10H2,1-5H3;4-5,9H,3H2,1-2H3,(H,10,11);3-5,8H,2H2,1H3,(H,9,10);3*1-6H3;3-4H,1-2H3,(H,6,7);1H4;;;/q;;;;;3*-1;;;3*+1/t16-,18-;13-,14+,16+,18+;12-,13-,14-,15+;5-;4-,5+;;;;3-,4+;;;;/m00000...1..../s1. The van der Waals surface area contributed by atoms with Gasteiger partial charge in [0.25, 0.3) is 0 Å². The van der Waals surface area contributed by atoms with Crippen molar-refractivity contribution in [3.63, 3.8) is 0 Å². The summed E-state index contributed by atoms with van der Waals surface area (Å²) in [5.74, 6) is -3.69.